The van der Waals surface area contributed by atoms with E-state index in [1.807, 2.05) is 7.05 Å². The molecule has 0 spiro atoms. The number of rotatable bonds is 6. The zero-order chi connectivity index (χ0) is 12.0. The minimum atomic E-state index is 0.450. The SMILES string of the molecule is CCCC(COc1cc(C)cc(C)c1)NC. The van der Waals surface area contributed by atoms with E-state index in [0.29, 0.717) is 6.04 Å². The van der Waals surface area contributed by atoms with Crippen LogP contribution in [-0.2, 0) is 0 Å². The molecule has 16 heavy (non-hydrogen) atoms. The topological polar surface area (TPSA) is 21.3 Å². The van der Waals surface area contributed by atoms with Crippen molar-refractivity contribution in [3.05, 3.63) is 29.3 Å². The van der Waals surface area contributed by atoms with Gasteiger partial charge in [0.1, 0.15) is 12.4 Å². The van der Waals surface area contributed by atoms with Crippen LogP contribution in [0.25, 0.3) is 0 Å². The number of aryl methyl sites for hydroxylation is 2. The molecule has 1 rings (SSSR count). The molecule has 90 valence electrons. The van der Waals surface area contributed by atoms with Gasteiger partial charge in [-0.2, -0.15) is 0 Å². The van der Waals surface area contributed by atoms with Crippen LogP contribution in [0.2, 0.25) is 0 Å². The van der Waals surface area contributed by atoms with Crippen molar-refractivity contribution in [2.24, 2.45) is 0 Å². The van der Waals surface area contributed by atoms with Crippen LogP contribution in [0, 0.1) is 13.8 Å². The summed E-state index contributed by atoms with van der Waals surface area (Å²) in [6.07, 6.45) is 2.34. The maximum absolute atomic E-state index is 5.81. The highest BCUT2D eigenvalue weighted by molar-refractivity contribution is 5.32. The van der Waals surface area contributed by atoms with Crippen molar-refractivity contribution in [3.63, 3.8) is 0 Å². The summed E-state index contributed by atoms with van der Waals surface area (Å²) < 4.78 is 5.81. The normalized spacial score (nSPS) is 12.5. The van der Waals surface area contributed by atoms with Crippen LogP contribution in [0.4, 0.5) is 0 Å². The van der Waals surface area contributed by atoms with Gasteiger partial charge in [0, 0.05) is 6.04 Å². The van der Waals surface area contributed by atoms with Crippen molar-refractivity contribution in [3.8, 4) is 5.75 Å². The second-order valence-electron chi connectivity index (χ2n) is 4.41. The molecule has 0 bridgehead atoms. The summed E-state index contributed by atoms with van der Waals surface area (Å²) in [5.41, 5.74) is 2.51. The number of benzene rings is 1. The number of nitrogens with one attached hydrogen (secondary N) is 1. The quantitative estimate of drug-likeness (QED) is 0.797. The molecule has 0 amide bonds. The Morgan fingerprint density at radius 3 is 2.31 bits per heavy atom. The smallest absolute Gasteiger partial charge is 0.119 e. The highest BCUT2D eigenvalue weighted by Crippen LogP contribution is 2.16. The average molecular weight is 221 g/mol. The lowest BCUT2D eigenvalue weighted by Gasteiger charge is -2.16. The molecule has 1 aromatic carbocycles. The lowest BCUT2D eigenvalue weighted by atomic mass is 10.1. The Bertz CT molecular complexity index is 302. The van der Waals surface area contributed by atoms with Gasteiger partial charge < -0.3 is 10.1 Å². The van der Waals surface area contributed by atoms with Gasteiger partial charge in [-0.25, -0.2) is 0 Å². The Kier molecular flexibility index (Phi) is 5.33. The van der Waals surface area contributed by atoms with Gasteiger partial charge in [-0.1, -0.05) is 19.4 Å². The van der Waals surface area contributed by atoms with Crippen LogP contribution >= 0.6 is 0 Å². The summed E-state index contributed by atoms with van der Waals surface area (Å²) in [7, 11) is 1.99. The molecule has 0 heterocycles. The summed E-state index contributed by atoms with van der Waals surface area (Å²) in [5, 5.41) is 3.28. The van der Waals surface area contributed by atoms with Crippen LogP contribution in [-0.4, -0.2) is 19.7 Å². The summed E-state index contributed by atoms with van der Waals surface area (Å²) in [5.74, 6) is 0.980. The molecule has 0 aliphatic heterocycles. The fraction of sp³-hybridized carbons (Fsp3) is 0.571. The third-order valence-corrected chi connectivity index (χ3v) is 2.69. The lowest BCUT2D eigenvalue weighted by Crippen LogP contribution is -2.31. The Hall–Kier alpha value is -1.02. The Morgan fingerprint density at radius 1 is 1.19 bits per heavy atom. The van der Waals surface area contributed by atoms with E-state index in [2.05, 4.69) is 44.3 Å². The van der Waals surface area contributed by atoms with Crippen LogP contribution < -0.4 is 10.1 Å². The number of likely N-dealkylation sites (N-methyl/N-ethyl adjacent to an activating group) is 1. The molecule has 0 aromatic heterocycles. The number of hydrogen-bond acceptors (Lipinski definition) is 2. The van der Waals surface area contributed by atoms with Crippen LogP contribution in [0.5, 0.6) is 5.75 Å². The third-order valence-electron chi connectivity index (χ3n) is 2.69. The first kappa shape index (κ1) is 13.0. The fourth-order valence-electron chi connectivity index (χ4n) is 1.87. The monoisotopic (exact) mass is 221 g/mol. The molecular weight excluding hydrogens is 198 g/mol. The maximum atomic E-state index is 5.81. The molecule has 0 radical (unpaired) electrons. The second kappa shape index (κ2) is 6.54. The van der Waals surface area contributed by atoms with Crippen molar-refractivity contribution in [2.75, 3.05) is 13.7 Å². The van der Waals surface area contributed by atoms with E-state index in [-0.39, 0.29) is 0 Å². The third kappa shape index (κ3) is 4.23. The van der Waals surface area contributed by atoms with Crippen molar-refractivity contribution in [2.45, 2.75) is 39.7 Å². The van der Waals surface area contributed by atoms with Crippen molar-refractivity contribution in [1.82, 2.24) is 5.32 Å². The maximum Gasteiger partial charge on any atom is 0.119 e. The van der Waals surface area contributed by atoms with E-state index in [1.165, 1.54) is 17.5 Å². The van der Waals surface area contributed by atoms with Gasteiger partial charge in [0.15, 0.2) is 0 Å². The standard InChI is InChI=1S/C14H23NO/c1-5-6-13(15-4)10-16-14-8-11(2)7-12(3)9-14/h7-9,13,15H,5-6,10H2,1-4H3. The summed E-state index contributed by atoms with van der Waals surface area (Å²) >= 11 is 0. The molecular formula is C14H23NO. The molecule has 2 heteroatoms. The molecule has 1 atom stereocenters. The molecule has 0 aliphatic rings. The summed E-state index contributed by atoms with van der Waals surface area (Å²) in [6, 6.07) is 6.79. The predicted molar refractivity (Wildman–Crippen MR) is 69.2 cm³/mol. The Labute approximate surface area is 99.0 Å². The largest absolute Gasteiger partial charge is 0.492 e. The Balaban J connectivity index is 2.52. The van der Waals surface area contributed by atoms with Gasteiger partial charge in [0.2, 0.25) is 0 Å². The highest BCUT2D eigenvalue weighted by atomic mass is 16.5. The van der Waals surface area contributed by atoms with E-state index in [9.17, 15) is 0 Å². The molecule has 1 N–H and O–H groups in total. The van der Waals surface area contributed by atoms with E-state index in [4.69, 9.17) is 4.74 Å². The zero-order valence-corrected chi connectivity index (χ0v) is 10.8. The molecule has 0 saturated carbocycles. The second-order valence-corrected chi connectivity index (χ2v) is 4.41. The molecule has 1 aromatic rings. The Morgan fingerprint density at radius 2 is 1.81 bits per heavy atom. The van der Waals surface area contributed by atoms with E-state index >= 15 is 0 Å². The summed E-state index contributed by atoms with van der Waals surface area (Å²) in [6.45, 7) is 7.14. The minimum Gasteiger partial charge on any atom is -0.492 e. The first-order valence-corrected chi connectivity index (χ1v) is 6.04. The highest BCUT2D eigenvalue weighted by Gasteiger charge is 2.05. The molecule has 0 fully saturated rings. The fourth-order valence-corrected chi connectivity index (χ4v) is 1.87. The molecule has 1 unspecified atom stereocenters. The van der Waals surface area contributed by atoms with Crippen molar-refractivity contribution < 1.29 is 4.74 Å². The van der Waals surface area contributed by atoms with E-state index < -0.39 is 0 Å². The van der Waals surface area contributed by atoms with Gasteiger partial charge in [-0.05, 0) is 50.6 Å². The van der Waals surface area contributed by atoms with Crippen LogP contribution in [0.15, 0.2) is 18.2 Å². The first-order valence-electron chi connectivity index (χ1n) is 6.04. The van der Waals surface area contributed by atoms with Crippen molar-refractivity contribution >= 4 is 0 Å². The zero-order valence-electron chi connectivity index (χ0n) is 10.8. The number of hydrogen-bond donors (Lipinski definition) is 1. The lowest BCUT2D eigenvalue weighted by molar-refractivity contribution is 0.262. The van der Waals surface area contributed by atoms with Crippen LogP contribution in [0.1, 0.15) is 30.9 Å². The van der Waals surface area contributed by atoms with Gasteiger partial charge >= 0.3 is 0 Å². The molecule has 0 saturated heterocycles. The van der Waals surface area contributed by atoms with E-state index in [0.717, 1.165) is 18.8 Å². The molecule has 0 aliphatic carbocycles. The van der Waals surface area contributed by atoms with Gasteiger partial charge in [0.25, 0.3) is 0 Å². The summed E-state index contributed by atoms with van der Waals surface area (Å²) in [4.78, 5) is 0. The van der Waals surface area contributed by atoms with E-state index in [1.54, 1.807) is 0 Å². The first-order chi connectivity index (χ1) is 7.65. The van der Waals surface area contributed by atoms with Gasteiger partial charge in [-0.3, -0.25) is 0 Å². The molecule has 2 nitrogen and oxygen atoms in total. The van der Waals surface area contributed by atoms with Gasteiger partial charge in [0.05, 0.1) is 0 Å². The minimum absolute atomic E-state index is 0.450. The number of ether oxygens (including phenoxy) is 1. The van der Waals surface area contributed by atoms with Crippen molar-refractivity contribution in [1.29, 1.82) is 0 Å². The average Bonchev–Trinajstić information content (AvgIpc) is 2.23. The van der Waals surface area contributed by atoms with Crippen LogP contribution in [0.3, 0.4) is 0 Å². The van der Waals surface area contributed by atoms with Gasteiger partial charge in [-0.15, -0.1) is 0 Å². The predicted octanol–water partition coefficient (Wildman–Crippen LogP) is 3.07.